The third kappa shape index (κ3) is 5.90. The number of nitrogens with one attached hydrogen (secondary N) is 1. The fraction of sp³-hybridized carbons (Fsp3) is 0.391. The van der Waals surface area contributed by atoms with Gasteiger partial charge in [-0.25, -0.2) is 8.42 Å². The number of anilines is 1. The number of nitrogens with zero attached hydrogens (tertiary/aromatic N) is 2. The third-order valence-corrected chi connectivity index (χ3v) is 8.08. The van der Waals surface area contributed by atoms with Crippen LogP contribution in [0.2, 0.25) is 0 Å². The maximum atomic E-state index is 13.1. The van der Waals surface area contributed by atoms with E-state index < -0.39 is 15.9 Å². The van der Waals surface area contributed by atoms with E-state index in [0.29, 0.717) is 18.8 Å². The van der Waals surface area contributed by atoms with Gasteiger partial charge in [0.25, 0.3) is 5.91 Å². The first-order chi connectivity index (χ1) is 15.3. The molecule has 2 aromatic rings. The molecule has 2 aromatic carbocycles. The number of carbonyl (C=O) groups excluding carboxylic acids is 2. The average Bonchev–Trinajstić information content (AvgIpc) is 3.09. The van der Waals surface area contributed by atoms with Crippen molar-refractivity contribution in [2.75, 3.05) is 38.3 Å². The molecule has 0 radical (unpaired) electrons. The second-order valence-electron chi connectivity index (χ2n) is 7.76. The number of para-hydroxylation sites is 1. The van der Waals surface area contributed by atoms with Gasteiger partial charge in [-0.15, -0.1) is 11.8 Å². The molecule has 1 saturated heterocycles. The van der Waals surface area contributed by atoms with Gasteiger partial charge >= 0.3 is 0 Å². The molecule has 1 aliphatic heterocycles. The molecule has 0 atom stereocenters. The molecular weight excluding hydrogens is 446 g/mol. The highest BCUT2D eigenvalue weighted by molar-refractivity contribution is 7.98. The molecular formula is C23H29N3O4S2. The van der Waals surface area contributed by atoms with Gasteiger partial charge in [-0.05, 0) is 49.4 Å². The highest BCUT2D eigenvalue weighted by Crippen LogP contribution is 2.25. The lowest BCUT2D eigenvalue weighted by Crippen LogP contribution is -2.35. The SMILES string of the molecule is CSc1ccccc1NC(=O)CN(C)C(=O)c1cccc(S(=O)(=O)N2CCCCCC2)c1. The topological polar surface area (TPSA) is 86.8 Å². The van der Waals surface area contributed by atoms with E-state index in [1.807, 2.05) is 30.5 Å². The minimum absolute atomic E-state index is 0.108. The van der Waals surface area contributed by atoms with Crippen LogP contribution in [0.15, 0.2) is 58.3 Å². The van der Waals surface area contributed by atoms with Gasteiger partial charge in [0.05, 0.1) is 17.1 Å². The van der Waals surface area contributed by atoms with Gasteiger partial charge in [0.15, 0.2) is 0 Å². The van der Waals surface area contributed by atoms with Crippen LogP contribution in [0, 0.1) is 0 Å². The number of amides is 2. The number of carbonyl (C=O) groups is 2. The van der Waals surface area contributed by atoms with Gasteiger partial charge in [-0.1, -0.05) is 31.0 Å². The predicted octanol–water partition coefficient (Wildman–Crippen LogP) is 3.68. The second-order valence-corrected chi connectivity index (χ2v) is 10.5. The Balaban J connectivity index is 1.70. The Morgan fingerprint density at radius 3 is 2.41 bits per heavy atom. The van der Waals surface area contributed by atoms with Crippen LogP contribution in [0.3, 0.4) is 0 Å². The van der Waals surface area contributed by atoms with Crippen LogP contribution in [-0.4, -0.2) is 62.4 Å². The fourth-order valence-electron chi connectivity index (χ4n) is 3.67. The van der Waals surface area contributed by atoms with Crippen molar-refractivity contribution < 1.29 is 18.0 Å². The minimum Gasteiger partial charge on any atom is -0.332 e. The van der Waals surface area contributed by atoms with Crippen molar-refractivity contribution in [1.29, 1.82) is 0 Å². The summed E-state index contributed by atoms with van der Waals surface area (Å²) in [6.07, 6.45) is 5.66. The molecule has 172 valence electrons. The van der Waals surface area contributed by atoms with Crippen molar-refractivity contribution in [1.82, 2.24) is 9.21 Å². The molecule has 1 aliphatic rings. The van der Waals surface area contributed by atoms with E-state index in [1.165, 1.54) is 40.1 Å². The van der Waals surface area contributed by atoms with Crippen molar-refractivity contribution in [3.05, 3.63) is 54.1 Å². The molecule has 0 bridgehead atoms. The lowest BCUT2D eigenvalue weighted by Gasteiger charge is -2.21. The molecule has 32 heavy (non-hydrogen) atoms. The first kappa shape index (κ1) is 24.3. The van der Waals surface area contributed by atoms with Gasteiger partial charge in [0.1, 0.15) is 0 Å². The number of rotatable bonds is 7. The van der Waals surface area contributed by atoms with Gasteiger partial charge in [-0.2, -0.15) is 4.31 Å². The van der Waals surface area contributed by atoms with Crippen LogP contribution in [0.5, 0.6) is 0 Å². The summed E-state index contributed by atoms with van der Waals surface area (Å²) >= 11 is 1.52. The molecule has 2 amide bonds. The number of thioether (sulfide) groups is 1. The summed E-state index contributed by atoms with van der Waals surface area (Å²) in [5.74, 6) is -0.734. The van der Waals surface area contributed by atoms with Crippen LogP contribution >= 0.6 is 11.8 Å². The molecule has 0 unspecified atom stereocenters. The van der Waals surface area contributed by atoms with Gasteiger partial charge in [0.2, 0.25) is 15.9 Å². The average molecular weight is 476 g/mol. The molecule has 0 saturated carbocycles. The highest BCUT2D eigenvalue weighted by Gasteiger charge is 2.26. The summed E-state index contributed by atoms with van der Waals surface area (Å²) in [6, 6.07) is 13.5. The van der Waals surface area contributed by atoms with E-state index in [1.54, 1.807) is 12.1 Å². The maximum Gasteiger partial charge on any atom is 0.254 e. The Hall–Kier alpha value is -2.36. The van der Waals surface area contributed by atoms with E-state index in [9.17, 15) is 18.0 Å². The van der Waals surface area contributed by atoms with E-state index in [-0.39, 0.29) is 22.9 Å². The molecule has 0 spiro atoms. The summed E-state index contributed by atoms with van der Waals surface area (Å²) in [4.78, 5) is 27.7. The first-order valence-electron chi connectivity index (χ1n) is 10.6. The van der Waals surface area contributed by atoms with Crippen molar-refractivity contribution in [2.24, 2.45) is 0 Å². The summed E-state index contributed by atoms with van der Waals surface area (Å²) in [7, 11) is -2.13. The molecule has 1 fully saturated rings. The third-order valence-electron chi connectivity index (χ3n) is 5.39. The summed E-state index contributed by atoms with van der Waals surface area (Å²) in [6.45, 7) is 0.848. The minimum atomic E-state index is -3.66. The van der Waals surface area contributed by atoms with Gasteiger partial charge < -0.3 is 10.2 Å². The number of hydrogen-bond donors (Lipinski definition) is 1. The van der Waals surface area contributed by atoms with Crippen LogP contribution in [0.4, 0.5) is 5.69 Å². The number of sulfonamides is 1. The van der Waals surface area contributed by atoms with E-state index in [0.717, 1.165) is 30.6 Å². The summed E-state index contributed by atoms with van der Waals surface area (Å²) < 4.78 is 27.6. The number of benzene rings is 2. The monoisotopic (exact) mass is 475 g/mol. The number of hydrogen-bond acceptors (Lipinski definition) is 5. The number of likely N-dealkylation sites (N-methyl/N-ethyl adjacent to an activating group) is 1. The summed E-state index contributed by atoms with van der Waals surface area (Å²) in [5.41, 5.74) is 0.928. The molecule has 0 aromatic heterocycles. The van der Waals surface area contributed by atoms with Crippen molar-refractivity contribution in [2.45, 2.75) is 35.5 Å². The lowest BCUT2D eigenvalue weighted by atomic mass is 10.2. The molecule has 3 rings (SSSR count). The van der Waals surface area contributed by atoms with Crippen molar-refractivity contribution in [3.8, 4) is 0 Å². The predicted molar refractivity (Wildman–Crippen MR) is 127 cm³/mol. The van der Waals surface area contributed by atoms with Crippen molar-refractivity contribution in [3.63, 3.8) is 0 Å². The zero-order chi connectivity index (χ0) is 23.1. The standard InChI is InChI=1S/C23H29N3O4S2/c1-25(17-22(27)24-20-12-5-6-13-21(20)31-2)23(28)18-10-9-11-19(16-18)32(29,30)26-14-7-3-4-8-15-26/h5-6,9-13,16H,3-4,7-8,14-15,17H2,1-2H3,(H,24,27). The van der Waals surface area contributed by atoms with Gasteiger partial charge in [-0.3, -0.25) is 9.59 Å². The Morgan fingerprint density at radius 2 is 1.72 bits per heavy atom. The van der Waals surface area contributed by atoms with E-state index >= 15 is 0 Å². The van der Waals surface area contributed by atoms with Crippen LogP contribution in [0.1, 0.15) is 36.0 Å². The fourth-order valence-corrected chi connectivity index (χ4v) is 5.78. The van der Waals surface area contributed by atoms with E-state index in [2.05, 4.69) is 5.32 Å². The molecule has 1 heterocycles. The first-order valence-corrected chi connectivity index (χ1v) is 13.3. The molecule has 0 aliphatic carbocycles. The zero-order valence-corrected chi connectivity index (χ0v) is 20.0. The van der Waals surface area contributed by atoms with Crippen LogP contribution in [0.25, 0.3) is 0 Å². The zero-order valence-electron chi connectivity index (χ0n) is 18.4. The van der Waals surface area contributed by atoms with Crippen LogP contribution < -0.4 is 5.32 Å². The molecule has 9 heteroatoms. The quantitative estimate of drug-likeness (QED) is 0.618. The molecule has 7 nitrogen and oxygen atoms in total. The second kappa shape index (κ2) is 11.0. The lowest BCUT2D eigenvalue weighted by molar-refractivity contribution is -0.116. The largest absolute Gasteiger partial charge is 0.332 e. The van der Waals surface area contributed by atoms with Crippen molar-refractivity contribution >= 4 is 39.3 Å². The Kier molecular flexibility index (Phi) is 8.33. The summed E-state index contributed by atoms with van der Waals surface area (Å²) in [5, 5.41) is 2.83. The maximum absolute atomic E-state index is 13.1. The molecule has 1 N–H and O–H groups in total. The Morgan fingerprint density at radius 1 is 1.03 bits per heavy atom. The normalized spacial score (nSPS) is 15.1. The van der Waals surface area contributed by atoms with Crippen LogP contribution in [-0.2, 0) is 14.8 Å². The Labute approximate surface area is 194 Å². The highest BCUT2D eigenvalue weighted by atomic mass is 32.2. The smallest absolute Gasteiger partial charge is 0.254 e. The van der Waals surface area contributed by atoms with Gasteiger partial charge in [0, 0.05) is 30.6 Å². The Bertz CT molecular complexity index is 1060. The van der Waals surface area contributed by atoms with E-state index in [4.69, 9.17) is 0 Å².